The lowest BCUT2D eigenvalue weighted by Gasteiger charge is -2.27. The SMILES string of the molecule is C=CC(C(C)=CC)[SiH]1CCCCO1. The summed E-state index contributed by atoms with van der Waals surface area (Å²) in [5.74, 6) is 0. The van der Waals surface area contributed by atoms with Crippen molar-refractivity contribution in [3.63, 3.8) is 0 Å². The third kappa shape index (κ3) is 2.81. The van der Waals surface area contributed by atoms with Crippen molar-refractivity contribution in [3.05, 3.63) is 24.3 Å². The average Bonchev–Trinajstić information content (AvgIpc) is 2.20. The van der Waals surface area contributed by atoms with E-state index < -0.39 is 9.04 Å². The van der Waals surface area contributed by atoms with Crippen LogP contribution in [0.2, 0.25) is 11.6 Å². The summed E-state index contributed by atoms with van der Waals surface area (Å²) in [4.78, 5) is 0. The molecule has 0 bridgehead atoms. The topological polar surface area (TPSA) is 9.23 Å². The molecule has 0 amide bonds. The van der Waals surface area contributed by atoms with E-state index in [4.69, 9.17) is 4.43 Å². The summed E-state index contributed by atoms with van der Waals surface area (Å²) in [5.41, 5.74) is 2.00. The van der Waals surface area contributed by atoms with Crippen molar-refractivity contribution in [2.75, 3.05) is 6.61 Å². The van der Waals surface area contributed by atoms with Gasteiger partial charge in [-0.1, -0.05) is 24.1 Å². The van der Waals surface area contributed by atoms with Crippen molar-refractivity contribution in [1.82, 2.24) is 0 Å². The molecule has 0 aromatic heterocycles. The maximum Gasteiger partial charge on any atom is 0.187 e. The summed E-state index contributed by atoms with van der Waals surface area (Å²) in [7, 11) is -1.00. The first-order valence-electron chi connectivity index (χ1n) is 5.16. The van der Waals surface area contributed by atoms with Crippen LogP contribution in [0.1, 0.15) is 26.7 Å². The largest absolute Gasteiger partial charge is 0.419 e. The summed E-state index contributed by atoms with van der Waals surface area (Å²) < 4.78 is 5.88. The number of hydrogen-bond acceptors (Lipinski definition) is 1. The second-order valence-electron chi connectivity index (χ2n) is 3.70. The molecule has 1 heterocycles. The molecule has 1 aliphatic rings. The molecular weight excluding hydrogens is 176 g/mol. The van der Waals surface area contributed by atoms with Gasteiger partial charge in [-0.25, -0.2) is 0 Å². The molecule has 0 spiro atoms. The minimum Gasteiger partial charge on any atom is -0.419 e. The van der Waals surface area contributed by atoms with Crippen molar-refractivity contribution in [2.45, 2.75) is 38.3 Å². The highest BCUT2D eigenvalue weighted by Crippen LogP contribution is 2.28. The highest BCUT2D eigenvalue weighted by molar-refractivity contribution is 6.55. The molecule has 2 unspecified atom stereocenters. The van der Waals surface area contributed by atoms with Crippen molar-refractivity contribution in [1.29, 1.82) is 0 Å². The van der Waals surface area contributed by atoms with E-state index in [2.05, 4.69) is 32.6 Å². The van der Waals surface area contributed by atoms with E-state index in [1.165, 1.54) is 24.5 Å². The quantitative estimate of drug-likeness (QED) is 0.498. The van der Waals surface area contributed by atoms with Crippen LogP contribution in [-0.4, -0.2) is 15.6 Å². The van der Waals surface area contributed by atoms with Crippen LogP contribution in [0.3, 0.4) is 0 Å². The van der Waals surface area contributed by atoms with Crippen LogP contribution in [0.4, 0.5) is 0 Å². The highest BCUT2D eigenvalue weighted by Gasteiger charge is 2.24. The standard InChI is InChI=1S/C11H20OSi/c1-4-10(3)11(5-2)13-9-7-6-8-12-13/h4-5,11,13H,2,6-9H2,1,3H3. The Morgan fingerprint density at radius 2 is 2.31 bits per heavy atom. The first-order valence-corrected chi connectivity index (χ1v) is 7.12. The number of hydrogen-bond donors (Lipinski definition) is 0. The van der Waals surface area contributed by atoms with Crippen LogP contribution in [0.25, 0.3) is 0 Å². The monoisotopic (exact) mass is 196 g/mol. The maximum absolute atomic E-state index is 5.88. The van der Waals surface area contributed by atoms with Crippen LogP contribution < -0.4 is 0 Å². The minimum atomic E-state index is -1.00. The molecule has 1 fully saturated rings. The molecule has 13 heavy (non-hydrogen) atoms. The van der Waals surface area contributed by atoms with E-state index in [-0.39, 0.29) is 0 Å². The van der Waals surface area contributed by atoms with E-state index >= 15 is 0 Å². The van der Waals surface area contributed by atoms with E-state index in [1.807, 2.05) is 0 Å². The summed E-state index contributed by atoms with van der Waals surface area (Å²) in [6.07, 6.45) is 6.88. The first kappa shape index (κ1) is 10.7. The van der Waals surface area contributed by atoms with Crippen LogP contribution in [0.15, 0.2) is 24.3 Å². The van der Waals surface area contributed by atoms with Gasteiger partial charge >= 0.3 is 0 Å². The molecule has 0 aromatic rings. The van der Waals surface area contributed by atoms with Crippen molar-refractivity contribution < 1.29 is 4.43 Å². The van der Waals surface area contributed by atoms with Crippen LogP contribution in [0, 0.1) is 0 Å². The van der Waals surface area contributed by atoms with Gasteiger partial charge in [0.1, 0.15) is 0 Å². The number of rotatable bonds is 3. The summed E-state index contributed by atoms with van der Waals surface area (Å²) in [6, 6.07) is 1.32. The maximum atomic E-state index is 5.88. The zero-order chi connectivity index (χ0) is 9.68. The van der Waals surface area contributed by atoms with Crippen LogP contribution >= 0.6 is 0 Å². The lowest BCUT2D eigenvalue weighted by molar-refractivity contribution is 0.284. The molecule has 2 atom stereocenters. The molecule has 0 aromatic carbocycles. The smallest absolute Gasteiger partial charge is 0.187 e. The molecule has 1 nitrogen and oxygen atoms in total. The van der Waals surface area contributed by atoms with Gasteiger partial charge in [-0.2, -0.15) is 0 Å². The van der Waals surface area contributed by atoms with E-state index in [1.54, 1.807) is 0 Å². The molecule has 0 saturated carbocycles. The number of allylic oxidation sites excluding steroid dienone is 3. The van der Waals surface area contributed by atoms with Crippen molar-refractivity contribution >= 4 is 9.04 Å². The van der Waals surface area contributed by atoms with Gasteiger partial charge in [0.05, 0.1) is 0 Å². The van der Waals surface area contributed by atoms with E-state index in [0.29, 0.717) is 5.54 Å². The van der Waals surface area contributed by atoms with Crippen molar-refractivity contribution in [2.24, 2.45) is 0 Å². The normalized spacial score (nSPS) is 26.9. The van der Waals surface area contributed by atoms with Gasteiger partial charge in [0.2, 0.25) is 0 Å². The molecular formula is C11H20OSi. The van der Waals surface area contributed by atoms with Gasteiger partial charge < -0.3 is 4.43 Å². The minimum absolute atomic E-state index is 0.560. The Morgan fingerprint density at radius 1 is 1.54 bits per heavy atom. The van der Waals surface area contributed by atoms with Gasteiger partial charge in [0.15, 0.2) is 9.04 Å². The Labute approximate surface area is 83.2 Å². The van der Waals surface area contributed by atoms with Crippen molar-refractivity contribution in [3.8, 4) is 0 Å². The summed E-state index contributed by atoms with van der Waals surface area (Å²) >= 11 is 0. The molecule has 1 aliphatic heterocycles. The fourth-order valence-electron chi connectivity index (χ4n) is 1.87. The lowest BCUT2D eigenvalue weighted by atomic mass is 10.2. The molecule has 0 N–H and O–H groups in total. The third-order valence-electron chi connectivity index (χ3n) is 2.85. The molecule has 0 aliphatic carbocycles. The third-order valence-corrected chi connectivity index (χ3v) is 6.09. The summed E-state index contributed by atoms with van der Waals surface area (Å²) in [6.45, 7) is 9.20. The molecule has 1 rings (SSSR count). The second kappa shape index (κ2) is 5.40. The van der Waals surface area contributed by atoms with Gasteiger partial charge in [-0.15, -0.1) is 6.58 Å². The lowest BCUT2D eigenvalue weighted by Crippen LogP contribution is -2.28. The highest BCUT2D eigenvalue weighted by atomic mass is 28.3. The summed E-state index contributed by atoms with van der Waals surface area (Å²) in [5, 5.41) is 0. The Kier molecular flexibility index (Phi) is 4.46. The average molecular weight is 196 g/mol. The first-order chi connectivity index (χ1) is 6.29. The van der Waals surface area contributed by atoms with Gasteiger partial charge in [-0.05, 0) is 26.3 Å². The zero-order valence-electron chi connectivity index (χ0n) is 8.75. The van der Waals surface area contributed by atoms with Gasteiger partial charge in [-0.3, -0.25) is 0 Å². The van der Waals surface area contributed by atoms with Crippen LogP contribution in [0.5, 0.6) is 0 Å². The Bertz CT molecular complexity index is 192. The van der Waals surface area contributed by atoms with Crippen LogP contribution in [-0.2, 0) is 4.43 Å². The molecule has 74 valence electrons. The predicted octanol–water partition coefficient (Wildman–Crippen LogP) is 3.04. The predicted molar refractivity (Wildman–Crippen MR) is 60.5 cm³/mol. The fraction of sp³-hybridized carbons (Fsp3) is 0.636. The second-order valence-corrected chi connectivity index (χ2v) is 6.41. The van der Waals surface area contributed by atoms with Gasteiger partial charge in [0, 0.05) is 12.1 Å². The van der Waals surface area contributed by atoms with E-state index in [0.717, 1.165) is 6.61 Å². The zero-order valence-corrected chi connectivity index (χ0v) is 9.91. The molecule has 1 saturated heterocycles. The Hall–Kier alpha value is -0.343. The van der Waals surface area contributed by atoms with E-state index in [9.17, 15) is 0 Å². The Balaban J connectivity index is 2.59. The molecule has 2 heteroatoms. The molecule has 0 radical (unpaired) electrons. The Morgan fingerprint density at radius 3 is 2.77 bits per heavy atom. The van der Waals surface area contributed by atoms with Gasteiger partial charge in [0.25, 0.3) is 0 Å². The fourth-order valence-corrected chi connectivity index (χ4v) is 4.85.